The molecule has 0 spiro atoms. The number of hydrogen-bond acceptors (Lipinski definition) is 4. The van der Waals surface area contributed by atoms with E-state index in [0.29, 0.717) is 23.9 Å². The van der Waals surface area contributed by atoms with Crippen molar-refractivity contribution in [3.63, 3.8) is 0 Å². The molecule has 0 saturated heterocycles. The van der Waals surface area contributed by atoms with Crippen molar-refractivity contribution in [2.24, 2.45) is 0 Å². The van der Waals surface area contributed by atoms with Crippen LogP contribution < -0.4 is 14.2 Å². The maximum Gasteiger partial charge on any atom is 0.203 e. The number of para-hydroxylation sites is 1. The summed E-state index contributed by atoms with van der Waals surface area (Å²) in [5.74, 6) is 2.08. The van der Waals surface area contributed by atoms with Crippen LogP contribution in [0.25, 0.3) is 0 Å². The van der Waals surface area contributed by atoms with Gasteiger partial charge in [-0.05, 0) is 32.6 Å². The molecule has 0 N–H and O–H groups in total. The third-order valence-corrected chi connectivity index (χ3v) is 2.38. The minimum atomic E-state index is 0.648. The first-order chi connectivity index (χ1) is 8.19. The van der Waals surface area contributed by atoms with Gasteiger partial charge in [0.1, 0.15) is 0 Å². The van der Waals surface area contributed by atoms with E-state index in [4.69, 9.17) is 14.2 Å². The molecule has 1 aromatic carbocycles. The molecule has 0 unspecified atom stereocenters. The van der Waals surface area contributed by atoms with Crippen molar-refractivity contribution in [3.05, 3.63) is 18.2 Å². The summed E-state index contributed by atoms with van der Waals surface area (Å²) in [7, 11) is 7.34. The predicted molar refractivity (Wildman–Crippen MR) is 68.2 cm³/mol. The second kappa shape index (κ2) is 7.01. The summed E-state index contributed by atoms with van der Waals surface area (Å²) in [6.45, 7) is 1.65. The van der Waals surface area contributed by atoms with Crippen molar-refractivity contribution in [3.8, 4) is 17.2 Å². The van der Waals surface area contributed by atoms with E-state index < -0.39 is 0 Å². The van der Waals surface area contributed by atoms with E-state index in [9.17, 15) is 0 Å². The van der Waals surface area contributed by atoms with E-state index in [-0.39, 0.29) is 0 Å². The Bertz CT molecular complexity index is 317. The molecular weight excluding hydrogens is 218 g/mol. The smallest absolute Gasteiger partial charge is 0.203 e. The van der Waals surface area contributed by atoms with Crippen LogP contribution in [0.4, 0.5) is 0 Å². The first-order valence-corrected chi connectivity index (χ1v) is 5.67. The number of ether oxygens (including phenoxy) is 3. The van der Waals surface area contributed by atoms with Crippen LogP contribution in [0.15, 0.2) is 18.2 Å². The molecule has 0 amide bonds. The first-order valence-electron chi connectivity index (χ1n) is 5.67. The summed E-state index contributed by atoms with van der Waals surface area (Å²) in [6, 6.07) is 5.61. The average molecular weight is 239 g/mol. The Morgan fingerprint density at radius 2 is 1.65 bits per heavy atom. The Hall–Kier alpha value is -1.42. The zero-order chi connectivity index (χ0) is 12.7. The second-order valence-electron chi connectivity index (χ2n) is 4.00. The minimum absolute atomic E-state index is 0.648. The Morgan fingerprint density at radius 3 is 2.12 bits per heavy atom. The summed E-state index contributed by atoms with van der Waals surface area (Å²) in [5, 5.41) is 0. The molecule has 0 heterocycles. The van der Waals surface area contributed by atoms with Crippen LogP contribution in [0, 0.1) is 0 Å². The van der Waals surface area contributed by atoms with E-state index in [1.807, 2.05) is 32.3 Å². The summed E-state index contributed by atoms with van der Waals surface area (Å²) >= 11 is 0. The molecule has 0 radical (unpaired) electrons. The fourth-order valence-electron chi connectivity index (χ4n) is 1.51. The quantitative estimate of drug-likeness (QED) is 0.681. The van der Waals surface area contributed by atoms with Gasteiger partial charge in [-0.15, -0.1) is 0 Å². The lowest BCUT2D eigenvalue weighted by atomic mass is 10.3. The van der Waals surface area contributed by atoms with Crippen LogP contribution in [0.3, 0.4) is 0 Å². The normalized spacial score (nSPS) is 10.4. The molecule has 1 rings (SSSR count). The first kappa shape index (κ1) is 13.6. The van der Waals surface area contributed by atoms with E-state index in [2.05, 4.69) is 4.90 Å². The lowest BCUT2D eigenvalue weighted by Crippen LogP contribution is -2.15. The highest BCUT2D eigenvalue weighted by Gasteiger charge is 2.10. The van der Waals surface area contributed by atoms with Gasteiger partial charge in [-0.2, -0.15) is 0 Å². The molecule has 0 fully saturated rings. The van der Waals surface area contributed by atoms with Crippen LogP contribution in [0.1, 0.15) is 6.42 Å². The third kappa shape index (κ3) is 4.15. The van der Waals surface area contributed by atoms with Crippen LogP contribution in [-0.2, 0) is 0 Å². The molecule has 96 valence electrons. The highest BCUT2D eigenvalue weighted by atomic mass is 16.5. The van der Waals surface area contributed by atoms with Gasteiger partial charge in [-0.25, -0.2) is 0 Å². The van der Waals surface area contributed by atoms with Crippen molar-refractivity contribution >= 4 is 0 Å². The maximum atomic E-state index is 5.72. The SMILES string of the molecule is COc1cccc(OC)c1OCCCN(C)C. The van der Waals surface area contributed by atoms with E-state index in [1.54, 1.807) is 14.2 Å². The van der Waals surface area contributed by atoms with Gasteiger partial charge in [-0.1, -0.05) is 6.07 Å². The van der Waals surface area contributed by atoms with Gasteiger partial charge in [0.15, 0.2) is 11.5 Å². The molecule has 0 aromatic heterocycles. The summed E-state index contributed by atoms with van der Waals surface area (Å²) in [4.78, 5) is 2.13. The van der Waals surface area contributed by atoms with Crippen LogP contribution in [0.5, 0.6) is 17.2 Å². The standard InChI is InChI=1S/C13H21NO3/c1-14(2)9-6-10-17-13-11(15-3)7-5-8-12(13)16-4/h5,7-8H,6,9-10H2,1-4H3. The Morgan fingerprint density at radius 1 is 1.06 bits per heavy atom. The lowest BCUT2D eigenvalue weighted by molar-refractivity contribution is 0.255. The van der Waals surface area contributed by atoms with Gasteiger partial charge in [-0.3, -0.25) is 0 Å². The summed E-state index contributed by atoms with van der Waals surface area (Å²) < 4.78 is 16.2. The fraction of sp³-hybridized carbons (Fsp3) is 0.538. The van der Waals surface area contributed by atoms with Crippen LogP contribution >= 0.6 is 0 Å². The molecule has 0 bridgehead atoms. The molecule has 17 heavy (non-hydrogen) atoms. The number of hydrogen-bond donors (Lipinski definition) is 0. The van der Waals surface area contributed by atoms with E-state index in [0.717, 1.165) is 13.0 Å². The molecule has 0 aliphatic rings. The second-order valence-corrected chi connectivity index (χ2v) is 4.00. The molecule has 0 aliphatic carbocycles. The monoisotopic (exact) mass is 239 g/mol. The van der Waals surface area contributed by atoms with Gasteiger partial charge in [0.2, 0.25) is 5.75 Å². The van der Waals surface area contributed by atoms with Gasteiger partial charge in [0.05, 0.1) is 20.8 Å². The largest absolute Gasteiger partial charge is 0.493 e. The van der Waals surface area contributed by atoms with Crippen molar-refractivity contribution in [1.82, 2.24) is 4.90 Å². The lowest BCUT2D eigenvalue weighted by Gasteiger charge is -2.15. The van der Waals surface area contributed by atoms with Gasteiger partial charge in [0.25, 0.3) is 0 Å². The molecular formula is C13H21NO3. The van der Waals surface area contributed by atoms with Gasteiger partial charge < -0.3 is 19.1 Å². The Labute approximate surface area is 103 Å². The molecule has 0 saturated carbocycles. The predicted octanol–water partition coefficient (Wildman–Crippen LogP) is 2.03. The summed E-state index contributed by atoms with van der Waals surface area (Å²) in [5.41, 5.74) is 0. The Balaban J connectivity index is 2.61. The number of rotatable bonds is 7. The molecule has 0 aliphatic heterocycles. The molecule has 0 atom stereocenters. The zero-order valence-electron chi connectivity index (χ0n) is 11.0. The highest BCUT2D eigenvalue weighted by molar-refractivity contribution is 5.51. The highest BCUT2D eigenvalue weighted by Crippen LogP contribution is 2.36. The van der Waals surface area contributed by atoms with Crippen molar-refractivity contribution in [2.45, 2.75) is 6.42 Å². The fourth-order valence-corrected chi connectivity index (χ4v) is 1.51. The van der Waals surface area contributed by atoms with Gasteiger partial charge in [0, 0.05) is 6.54 Å². The van der Waals surface area contributed by atoms with Crippen molar-refractivity contribution in [2.75, 3.05) is 41.5 Å². The van der Waals surface area contributed by atoms with Crippen molar-refractivity contribution in [1.29, 1.82) is 0 Å². The topological polar surface area (TPSA) is 30.9 Å². The van der Waals surface area contributed by atoms with Gasteiger partial charge >= 0.3 is 0 Å². The Kier molecular flexibility index (Phi) is 5.63. The number of benzene rings is 1. The molecule has 4 heteroatoms. The zero-order valence-corrected chi connectivity index (χ0v) is 11.0. The minimum Gasteiger partial charge on any atom is -0.493 e. The molecule has 1 aromatic rings. The van der Waals surface area contributed by atoms with E-state index in [1.165, 1.54) is 0 Å². The van der Waals surface area contributed by atoms with Crippen LogP contribution in [-0.4, -0.2) is 46.4 Å². The number of nitrogens with zero attached hydrogens (tertiary/aromatic N) is 1. The number of methoxy groups -OCH3 is 2. The van der Waals surface area contributed by atoms with Crippen LogP contribution in [0.2, 0.25) is 0 Å². The average Bonchev–Trinajstić information content (AvgIpc) is 2.34. The summed E-state index contributed by atoms with van der Waals surface area (Å²) in [6.07, 6.45) is 0.966. The molecule has 4 nitrogen and oxygen atoms in total. The maximum absolute atomic E-state index is 5.72. The third-order valence-electron chi connectivity index (χ3n) is 2.38. The van der Waals surface area contributed by atoms with E-state index >= 15 is 0 Å². The van der Waals surface area contributed by atoms with Crippen molar-refractivity contribution < 1.29 is 14.2 Å².